The highest BCUT2D eigenvalue weighted by Gasteiger charge is 2.45. The van der Waals surface area contributed by atoms with Gasteiger partial charge in [-0.15, -0.1) is 24.0 Å². The Morgan fingerprint density at radius 3 is 2.57 bits per heavy atom. The Morgan fingerprint density at radius 1 is 1.25 bits per heavy atom. The smallest absolute Gasteiger partial charge is 0.191 e. The number of hydrogen-bond donors (Lipinski definition) is 2. The van der Waals surface area contributed by atoms with Crippen LogP contribution in [0.2, 0.25) is 0 Å². The molecule has 0 radical (unpaired) electrons. The second kappa shape index (κ2) is 11.3. The largest absolute Gasteiger partial charge is 0.383 e. The van der Waals surface area contributed by atoms with Gasteiger partial charge in [0.05, 0.1) is 6.61 Å². The van der Waals surface area contributed by atoms with E-state index in [4.69, 9.17) is 4.74 Å². The summed E-state index contributed by atoms with van der Waals surface area (Å²) in [6, 6.07) is 7.15. The summed E-state index contributed by atoms with van der Waals surface area (Å²) >= 11 is 0. The summed E-state index contributed by atoms with van der Waals surface area (Å²) in [5.74, 6) is 1.39. The number of hydrogen-bond acceptors (Lipinski definition) is 3. The average molecular weight is 504 g/mol. The first-order valence-electron chi connectivity index (χ1n) is 10.1. The van der Waals surface area contributed by atoms with Gasteiger partial charge >= 0.3 is 0 Å². The number of nitrogens with one attached hydrogen (secondary N) is 2. The van der Waals surface area contributed by atoms with Gasteiger partial charge in [-0.1, -0.05) is 18.2 Å². The zero-order valence-electron chi connectivity index (χ0n) is 17.0. The second-order valence-electron chi connectivity index (χ2n) is 7.84. The fourth-order valence-corrected chi connectivity index (χ4v) is 3.93. The summed E-state index contributed by atoms with van der Waals surface area (Å²) in [4.78, 5) is 6.82. The van der Waals surface area contributed by atoms with Crippen molar-refractivity contribution in [1.82, 2.24) is 15.5 Å². The predicted octanol–water partition coefficient (Wildman–Crippen LogP) is 3.00. The summed E-state index contributed by atoms with van der Waals surface area (Å²) in [5, 5.41) is 6.88. The Kier molecular flexibility index (Phi) is 9.43. The van der Waals surface area contributed by atoms with Crippen molar-refractivity contribution in [3.8, 4) is 0 Å². The van der Waals surface area contributed by atoms with E-state index in [1.807, 2.05) is 12.1 Å². The van der Waals surface area contributed by atoms with E-state index in [9.17, 15) is 4.39 Å². The lowest BCUT2D eigenvalue weighted by atomic mass is 9.95. The second-order valence-corrected chi connectivity index (χ2v) is 7.84. The van der Waals surface area contributed by atoms with Crippen LogP contribution < -0.4 is 10.6 Å². The standard InChI is InChI=1S/C21H33FN4O.HI/c1-23-20(24-15-17-7-11-26(12-8-17)13-14-27-2)25-16-21(9-10-21)18-5-3-4-6-19(18)22;/h3-6,17H,7-16H2,1-2H3,(H2,23,24,25);1H. The van der Waals surface area contributed by atoms with Crippen LogP contribution in [0.25, 0.3) is 0 Å². The molecular formula is C21H34FIN4O. The molecule has 1 saturated carbocycles. The fourth-order valence-electron chi connectivity index (χ4n) is 3.93. The summed E-state index contributed by atoms with van der Waals surface area (Å²) in [7, 11) is 3.55. The van der Waals surface area contributed by atoms with E-state index < -0.39 is 0 Å². The molecule has 0 amide bonds. The van der Waals surface area contributed by atoms with E-state index in [0.29, 0.717) is 5.92 Å². The van der Waals surface area contributed by atoms with Gasteiger partial charge < -0.3 is 20.3 Å². The molecule has 1 aromatic carbocycles. The van der Waals surface area contributed by atoms with Gasteiger partial charge in [-0.2, -0.15) is 0 Å². The van der Waals surface area contributed by atoms with Crippen LogP contribution in [-0.4, -0.2) is 64.3 Å². The number of nitrogens with zero attached hydrogens (tertiary/aromatic N) is 2. The quantitative estimate of drug-likeness (QED) is 0.325. The van der Waals surface area contributed by atoms with Gasteiger partial charge in [-0.25, -0.2) is 4.39 Å². The normalized spacial score (nSPS) is 19.8. The SMILES string of the molecule is CN=C(NCC1CCN(CCOC)CC1)NCC1(c2ccccc2F)CC1.I. The molecule has 1 aliphatic heterocycles. The summed E-state index contributed by atoms with van der Waals surface area (Å²) < 4.78 is 19.3. The molecule has 3 rings (SSSR count). The van der Waals surface area contributed by atoms with E-state index in [1.54, 1.807) is 26.3 Å². The lowest BCUT2D eigenvalue weighted by Crippen LogP contribution is -2.45. The zero-order valence-corrected chi connectivity index (χ0v) is 19.4. The molecule has 2 fully saturated rings. The Labute approximate surface area is 185 Å². The number of halogens is 2. The van der Waals surface area contributed by atoms with Crippen molar-refractivity contribution in [2.75, 3.05) is 53.5 Å². The fraction of sp³-hybridized carbons (Fsp3) is 0.667. The van der Waals surface area contributed by atoms with E-state index in [-0.39, 0.29) is 35.2 Å². The molecule has 0 bridgehead atoms. The minimum absolute atomic E-state index is 0. The van der Waals surface area contributed by atoms with Crippen molar-refractivity contribution in [3.05, 3.63) is 35.6 Å². The monoisotopic (exact) mass is 504 g/mol. The zero-order chi connectivity index (χ0) is 19.1. The molecular weight excluding hydrogens is 470 g/mol. The van der Waals surface area contributed by atoms with Crippen molar-refractivity contribution in [2.24, 2.45) is 10.9 Å². The number of guanidine groups is 1. The number of methoxy groups -OCH3 is 1. The van der Waals surface area contributed by atoms with Crippen molar-refractivity contribution in [1.29, 1.82) is 0 Å². The van der Waals surface area contributed by atoms with Crippen LogP contribution in [0.15, 0.2) is 29.3 Å². The third kappa shape index (κ3) is 6.29. The number of aliphatic imine (C=N–C) groups is 1. The van der Waals surface area contributed by atoms with Crippen molar-refractivity contribution in [2.45, 2.75) is 31.1 Å². The Bertz CT molecular complexity index is 631. The van der Waals surface area contributed by atoms with Gasteiger partial charge in [0.15, 0.2) is 5.96 Å². The van der Waals surface area contributed by atoms with E-state index in [1.165, 1.54) is 12.8 Å². The maximum absolute atomic E-state index is 14.1. The molecule has 0 spiro atoms. The molecule has 28 heavy (non-hydrogen) atoms. The first kappa shape index (κ1) is 23.3. The average Bonchev–Trinajstić information content (AvgIpc) is 3.48. The number of likely N-dealkylation sites (tertiary alicyclic amines) is 1. The van der Waals surface area contributed by atoms with Crippen LogP contribution in [0, 0.1) is 11.7 Å². The van der Waals surface area contributed by atoms with E-state index in [2.05, 4.69) is 20.5 Å². The van der Waals surface area contributed by atoms with Gasteiger partial charge in [0.1, 0.15) is 5.82 Å². The van der Waals surface area contributed by atoms with Crippen LogP contribution in [0.3, 0.4) is 0 Å². The molecule has 0 atom stereocenters. The molecule has 1 heterocycles. The summed E-state index contributed by atoms with van der Waals surface area (Å²) in [5.41, 5.74) is 0.756. The Balaban J connectivity index is 0.00000280. The van der Waals surface area contributed by atoms with Crippen molar-refractivity contribution in [3.63, 3.8) is 0 Å². The molecule has 1 saturated heterocycles. The van der Waals surface area contributed by atoms with Crippen LogP contribution in [0.5, 0.6) is 0 Å². The summed E-state index contributed by atoms with van der Waals surface area (Å²) in [6.45, 7) is 5.77. The van der Waals surface area contributed by atoms with Gasteiger partial charge in [0.2, 0.25) is 0 Å². The number of benzene rings is 1. The minimum atomic E-state index is -0.0972. The predicted molar refractivity (Wildman–Crippen MR) is 123 cm³/mol. The minimum Gasteiger partial charge on any atom is -0.383 e. The maximum atomic E-state index is 14.1. The molecule has 5 nitrogen and oxygen atoms in total. The van der Waals surface area contributed by atoms with Gasteiger partial charge in [0.25, 0.3) is 0 Å². The van der Waals surface area contributed by atoms with Gasteiger partial charge in [0, 0.05) is 39.2 Å². The first-order valence-corrected chi connectivity index (χ1v) is 10.1. The molecule has 1 aromatic rings. The highest BCUT2D eigenvalue weighted by Crippen LogP contribution is 2.48. The summed E-state index contributed by atoms with van der Waals surface area (Å²) in [6.07, 6.45) is 4.45. The maximum Gasteiger partial charge on any atom is 0.191 e. The van der Waals surface area contributed by atoms with Crippen molar-refractivity contribution >= 4 is 29.9 Å². The Hall–Kier alpha value is -0.930. The Morgan fingerprint density at radius 2 is 1.96 bits per heavy atom. The lowest BCUT2D eigenvalue weighted by molar-refractivity contribution is 0.121. The first-order chi connectivity index (χ1) is 13.2. The molecule has 0 unspecified atom stereocenters. The lowest BCUT2D eigenvalue weighted by Gasteiger charge is -2.32. The number of rotatable bonds is 8. The topological polar surface area (TPSA) is 48.9 Å². The molecule has 0 aromatic heterocycles. The molecule has 7 heteroatoms. The van der Waals surface area contributed by atoms with Crippen molar-refractivity contribution < 1.29 is 9.13 Å². The van der Waals surface area contributed by atoms with Crippen LogP contribution in [-0.2, 0) is 10.2 Å². The third-order valence-corrected chi connectivity index (χ3v) is 5.99. The van der Waals surface area contributed by atoms with Crippen LogP contribution >= 0.6 is 24.0 Å². The molecule has 2 N–H and O–H groups in total. The van der Waals surface area contributed by atoms with Crippen LogP contribution in [0.1, 0.15) is 31.2 Å². The van der Waals surface area contributed by atoms with Crippen LogP contribution in [0.4, 0.5) is 4.39 Å². The molecule has 158 valence electrons. The number of ether oxygens (including phenoxy) is 1. The third-order valence-electron chi connectivity index (χ3n) is 5.99. The van der Waals surface area contributed by atoms with E-state index >= 15 is 0 Å². The van der Waals surface area contributed by atoms with Gasteiger partial charge in [-0.05, 0) is 56.3 Å². The highest BCUT2D eigenvalue weighted by molar-refractivity contribution is 14.0. The van der Waals surface area contributed by atoms with E-state index in [0.717, 1.165) is 63.7 Å². The van der Waals surface area contributed by atoms with Gasteiger partial charge in [-0.3, -0.25) is 4.99 Å². The number of piperidine rings is 1. The highest BCUT2D eigenvalue weighted by atomic mass is 127. The molecule has 1 aliphatic carbocycles. The molecule has 2 aliphatic rings.